The van der Waals surface area contributed by atoms with Crippen LogP contribution in [0.25, 0.3) is 0 Å². The third-order valence-electron chi connectivity index (χ3n) is 1.69. The SMILES string of the molecule is C=CC(=O)O.C=CCCCCCCC. The smallest absolute Gasteiger partial charge is 0.327 e. The molecule has 0 aromatic heterocycles. The molecule has 0 spiro atoms. The highest BCUT2D eigenvalue weighted by molar-refractivity contribution is 5.78. The number of allylic oxidation sites excluding steroid dienone is 1. The molecule has 0 heterocycles. The number of carboxylic acids is 1. The Hall–Kier alpha value is -1.05. The molecule has 82 valence electrons. The second-order valence-electron chi connectivity index (χ2n) is 3.03. The lowest BCUT2D eigenvalue weighted by Gasteiger charge is -1.94. The molecular weight excluding hydrogens is 176 g/mol. The van der Waals surface area contributed by atoms with E-state index in [9.17, 15) is 4.79 Å². The molecule has 0 aromatic carbocycles. The van der Waals surface area contributed by atoms with Crippen LogP contribution in [0.15, 0.2) is 25.3 Å². The van der Waals surface area contributed by atoms with Gasteiger partial charge in [0.2, 0.25) is 0 Å². The number of carboxylic acid groups (broad SMARTS) is 1. The fourth-order valence-corrected chi connectivity index (χ4v) is 0.892. The molecule has 0 rings (SSSR count). The van der Waals surface area contributed by atoms with Gasteiger partial charge in [0.25, 0.3) is 0 Å². The first-order chi connectivity index (χ1) is 6.68. The van der Waals surface area contributed by atoms with Crippen LogP contribution >= 0.6 is 0 Å². The summed E-state index contributed by atoms with van der Waals surface area (Å²) in [5.41, 5.74) is 0. The monoisotopic (exact) mass is 198 g/mol. The summed E-state index contributed by atoms with van der Waals surface area (Å²) in [5, 5.41) is 7.60. The van der Waals surface area contributed by atoms with Gasteiger partial charge in [0.05, 0.1) is 0 Å². The molecule has 2 heteroatoms. The zero-order valence-electron chi connectivity index (χ0n) is 9.17. The number of rotatable bonds is 7. The molecule has 1 N–H and O–H groups in total. The second kappa shape index (κ2) is 14.5. The van der Waals surface area contributed by atoms with E-state index in [1.807, 2.05) is 6.08 Å². The third kappa shape index (κ3) is 22.4. The molecule has 0 radical (unpaired) electrons. The molecule has 0 aliphatic rings. The first kappa shape index (κ1) is 15.4. The molecule has 0 aromatic rings. The minimum absolute atomic E-state index is 0.833. The molecule has 0 atom stereocenters. The lowest BCUT2D eigenvalue weighted by atomic mass is 10.1. The van der Waals surface area contributed by atoms with Crippen molar-refractivity contribution in [3.05, 3.63) is 25.3 Å². The predicted octanol–water partition coefficient (Wildman–Crippen LogP) is 3.79. The molecular formula is C12H22O2. The lowest BCUT2D eigenvalue weighted by molar-refractivity contribution is -0.131. The van der Waals surface area contributed by atoms with Gasteiger partial charge in [-0.25, -0.2) is 4.79 Å². The first-order valence-corrected chi connectivity index (χ1v) is 5.15. The summed E-state index contributed by atoms with van der Waals surface area (Å²) in [4.78, 5) is 9.25. The fraction of sp³-hybridized carbons (Fsp3) is 0.583. The van der Waals surface area contributed by atoms with Crippen molar-refractivity contribution in [1.82, 2.24) is 0 Å². The van der Waals surface area contributed by atoms with Crippen molar-refractivity contribution in [3.8, 4) is 0 Å². The fourth-order valence-electron chi connectivity index (χ4n) is 0.892. The highest BCUT2D eigenvalue weighted by Gasteiger charge is 1.84. The van der Waals surface area contributed by atoms with E-state index in [-0.39, 0.29) is 0 Å². The van der Waals surface area contributed by atoms with Crippen LogP contribution < -0.4 is 0 Å². The molecule has 0 unspecified atom stereocenters. The summed E-state index contributed by atoms with van der Waals surface area (Å²) < 4.78 is 0. The summed E-state index contributed by atoms with van der Waals surface area (Å²) in [5.74, 6) is -0.981. The van der Waals surface area contributed by atoms with Crippen molar-refractivity contribution in [1.29, 1.82) is 0 Å². The summed E-state index contributed by atoms with van der Waals surface area (Å²) >= 11 is 0. The van der Waals surface area contributed by atoms with Crippen LogP contribution in [0.5, 0.6) is 0 Å². The topological polar surface area (TPSA) is 37.3 Å². The van der Waals surface area contributed by atoms with E-state index in [1.54, 1.807) is 0 Å². The van der Waals surface area contributed by atoms with Crippen molar-refractivity contribution >= 4 is 5.97 Å². The van der Waals surface area contributed by atoms with Crippen LogP contribution in [0.1, 0.15) is 45.4 Å². The van der Waals surface area contributed by atoms with Gasteiger partial charge in [0.15, 0.2) is 0 Å². The Morgan fingerprint density at radius 2 is 1.71 bits per heavy atom. The maximum Gasteiger partial charge on any atom is 0.327 e. The van der Waals surface area contributed by atoms with Crippen LogP contribution in [0.4, 0.5) is 0 Å². The molecule has 0 saturated heterocycles. The normalized spacial score (nSPS) is 8.36. The van der Waals surface area contributed by atoms with Crippen molar-refractivity contribution in [2.45, 2.75) is 45.4 Å². The van der Waals surface area contributed by atoms with Gasteiger partial charge in [-0.1, -0.05) is 45.3 Å². The van der Waals surface area contributed by atoms with Crippen molar-refractivity contribution in [3.63, 3.8) is 0 Å². The predicted molar refractivity (Wildman–Crippen MR) is 61.4 cm³/mol. The lowest BCUT2D eigenvalue weighted by Crippen LogP contribution is -1.82. The van der Waals surface area contributed by atoms with E-state index in [1.165, 1.54) is 38.5 Å². The molecule has 0 fully saturated rings. The van der Waals surface area contributed by atoms with Crippen LogP contribution in [0.3, 0.4) is 0 Å². The Bertz CT molecular complexity index is 150. The van der Waals surface area contributed by atoms with Crippen molar-refractivity contribution in [2.24, 2.45) is 0 Å². The van der Waals surface area contributed by atoms with Gasteiger partial charge in [0.1, 0.15) is 0 Å². The zero-order valence-corrected chi connectivity index (χ0v) is 9.17. The van der Waals surface area contributed by atoms with Crippen LogP contribution in [-0.4, -0.2) is 11.1 Å². The first-order valence-electron chi connectivity index (χ1n) is 5.15. The van der Waals surface area contributed by atoms with Gasteiger partial charge >= 0.3 is 5.97 Å². The number of hydrogen-bond donors (Lipinski definition) is 1. The van der Waals surface area contributed by atoms with E-state index < -0.39 is 5.97 Å². The highest BCUT2D eigenvalue weighted by Crippen LogP contribution is 2.04. The maximum absolute atomic E-state index is 9.25. The van der Waals surface area contributed by atoms with Crippen molar-refractivity contribution < 1.29 is 9.90 Å². The summed E-state index contributed by atoms with van der Waals surface area (Å²) in [6.07, 6.45) is 10.9. The Balaban J connectivity index is 0. The largest absolute Gasteiger partial charge is 0.478 e. The summed E-state index contributed by atoms with van der Waals surface area (Å²) in [6.45, 7) is 8.88. The maximum atomic E-state index is 9.25. The number of carbonyl (C=O) groups is 1. The van der Waals surface area contributed by atoms with E-state index in [0.717, 1.165) is 6.08 Å². The van der Waals surface area contributed by atoms with Crippen LogP contribution in [0.2, 0.25) is 0 Å². The standard InChI is InChI=1S/C9H18.C3H4O2/c1-3-5-7-9-8-6-4-2;1-2-3(4)5/h3H,1,4-9H2,2H3;2H,1H2,(H,4,5). The molecule has 14 heavy (non-hydrogen) atoms. The minimum atomic E-state index is -0.981. The highest BCUT2D eigenvalue weighted by atomic mass is 16.4. The van der Waals surface area contributed by atoms with Gasteiger partial charge in [-0.05, 0) is 12.8 Å². The zero-order chi connectivity index (χ0) is 11.2. The Morgan fingerprint density at radius 1 is 1.21 bits per heavy atom. The second-order valence-corrected chi connectivity index (χ2v) is 3.03. The van der Waals surface area contributed by atoms with E-state index in [4.69, 9.17) is 5.11 Å². The van der Waals surface area contributed by atoms with E-state index in [0.29, 0.717) is 0 Å². The van der Waals surface area contributed by atoms with Crippen LogP contribution in [0, 0.1) is 0 Å². The van der Waals surface area contributed by atoms with Gasteiger partial charge < -0.3 is 5.11 Å². The molecule has 0 aliphatic heterocycles. The molecule has 0 bridgehead atoms. The average molecular weight is 198 g/mol. The summed E-state index contributed by atoms with van der Waals surface area (Å²) in [6, 6.07) is 0. The molecule has 0 saturated carbocycles. The number of hydrogen-bond acceptors (Lipinski definition) is 1. The minimum Gasteiger partial charge on any atom is -0.478 e. The number of aliphatic carboxylic acids is 1. The Labute approximate surface area is 87.3 Å². The average Bonchev–Trinajstić information content (AvgIpc) is 2.19. The number of unbranched alkanes of at least 4 members (excludes halogenated alkanes) is 5. The van der Waals surface area contributed by atoms with Gasteiger partial charge in [-0.2, -0.15) is 0 Å². The Morgan fingerprint density at radius 3 is 2.07 bits per heavy atom. The quantitative estimate of drug-likeness (QED) is 0.384. The molecule has 2 nitrogen and oxygen atoms in total. The van der Waals surface area contributed by atoms with E-state index >= 15 is 0 Å². The molecule has 0 amide bonds. The van der Waals surface area contributed by atoms with Gasteiger partial charge in [0, 0.05) is 6.08 Å². The summed E-state index contributed by atoms with van der Waals surface area (Å²) in [7, 11) is 0. The van der Waals surface area contributed by atoms with Gasteiger partial charge in [-0.15, -0.1) is 6.58 Å². The molecule has 0 aliphatic carbocycles. The van der Waals surface area contributed by atoms with Gasteiger partial charge in [-0.3, -0.25) is 0 Å². The third-order valence-corrected chi connectivity index (χ3v) is 1.69. The van der Waals surface area contributed by atoms with Crippen molar-refractivity contribution in [2.75, 3.05) is 0 Å². The van der Waals surface area contributed by atoms with E-state index in [2.05, 4.69) is 20.1 Å². The van der Waals surface area contributed by atoms with Crippen LogP contribution in [-0.2, 0) is 4.79 Å². The Kier molecular flexibility index (Phi) is 15.9.